The molecule has 5 heteroatoms. The first-order chi connectivity index (χ1) is 6.81. The monoisotopic (exact) mass is 290 g/mol. The second kappa shape index (κ2) is 4.47. The van der Waals surface area contributed by atoms with E-state index in [4.69, 9.17) is 11.6 Å². The minimum Gasteiger partial charge on any atom is -0.328 e. The summed E-state index contributed by atoms with van der Waals surface area (Å²) >= 11 is 11.0. The minimum atomic E-state index is 0.503. The van der Waals surface area contributed by atoms with Gasteiger partial charge in [-0.2, -0.15) is 0 Å². The van der Waals surface area contributed by atoms with Crippen LogP contribution in [0.2, 0.25) is 0 Å². The van der Waals surface area contributed by atoms with E-state index in [-0.39, 0.29) is 0 Å². The van der Waals surface area contributed by atoms with Crippen molar-refractivity contribution in [3.8, 4) is 0 Å². The number of rotatable bonds is 3. The molecule has 0 amide bonds. The normalized spacial score (nSPS) is 10.7. The standard InChI is InChI=1S/C9H8BrClN2S/c10-8-1-2-14-9(8)5-13-6-12-4-7(13)3-11/h1-2,4,6H,3,5H2. The molecule has 0 aromatic carbocycles. The predicted molar refractivity (Wildman–Crippen MR) is 62.9 cm³/mol. The van der Waals surface area contributed by atoms with Crippen LogP contribution in [0.3, 0.4) is 0 Å². The second-order valence-electron chi connectivity index (χ2n) is 2.84. The molecule has 0 unspecified atom stereocenters. The molecule has 0 atom stereocenters. The first-order valence-corrected chi connectivity index (χ1v) is 6.29. The quantitative estimate of drug-likeness (QED) is 0.792. The Morgan fingerprint density at radius 2 is 2.43 bits per heavy atom. The van der Waals surface area contributed by atoms with Gasteiger partial charge in [-0.3, -0.25) is 0 Å². The van der Waals surface area contributed by atoms with Gasteiger partial charge in [-0.05, 0) is 27.4 Å². The molecule has 0 aliphatic heterocycles. The van der Waals surface area contributed by atoms with Crippen LogP contribution in [0.15, 0.2) is 28.4 Å². The molecule has 0 N–H and O–H groups in total. The van der Waals surface area contributed by atoms with E-state index < -0.39 is 0 Å². The van der Waals surface area contributed by atoms with Crippen molar-refractivity contribution in [2.45, 2.75) is 12.4 Å². The summed E-state index contributed by atoms with van der Waals surface area (Å²) in [6.45, 7) is 0.834. The van der Waals surface area contributed by atoms with Gasteiger partial charge >= 0.3 is 0 Å². The van der Waals surface area contributed by atoms with Crippen molar-refractivity contribution in [2.24, 2.45) is 0 Å². The van der Waals surface area contributed by atoms with Crippen LogP contribution in [0, 0.1) is 0 Å². The molecule has 74 valence electrons. The van der Waals surface area contributed by atoms with E-state index >= 15 is 0 Å². The molecule has 14 heavy (non-hydrogen) atoms. The number of nitrogens with zero attached hydrogens (tertiary/aromatic N) is 2. The highest BCUT2D eigenvalue weighted by Crippen LogP contribution is 2.24. The number of hydrogen-bond donors (Lipinski definition) is 0. The summed E-state index contributed by atoms with van der Waals surface area (Å²) in [6, 6.07) is 2.05. The summed E-state index contributed by atoms with van der Waals surface area (Å²) in [6.07, 6.45) is 3.61. The Labute approximate surface area is 99.7 Å². The van der Waals surface area contributed by atoms with Crippen LogP contribution in [-0.4, -0.2) is 9.55 Å². The highest BCUT2D eigenvalue weighted by Gasteiger charge is 2.05. The molecule has 0 aliphatic carbocycles. The number of halogens is 2. The van der Waals surface area contributed by atoms with Crippen LogP contribution in [-0.2, 0) is 12.4 Å². The van der Waals surface area contributed by atoms with Gasteiger partial charge in [0, 0.05) is 15.5 Å². The lowest BCUT2D eigenvalue weighted by molar-refractivity contribution is 0.773. The van der Waals surface area contributed by atoms with Crippen molar-refractivity contribution in [1.82, 2.24) is 9.55 Å². The minimum absolute atomic E-state index is 0.503. The largest absolute Gasteiger partial charge is 0.328 e. The maximum Gasteiger partial charge on any atom is 0.0951 e. The van der Waals surface area contributed by atoms with E-state index in [1.165, 1.54) is 4.88 Å². The van der Waals surface area contributed by atoms with Crippen LogP contribution >= 0.6 is 38.9 Å². The second-order valence-corrected chi connectivity index (χ2v) is 4.96. The fourth-order valence-electron chi connectivity index (χ4n) is 1.19. The van der Waals surface area contributed by atoms with Gasteiger partial charge in [0.15, 0.2) is 0 Å². The fourth-order valence-corrected chi connectivity index (χ4v) is 2.89. The van der Waals surface area contributed by atoms with Gasteiger partial charge in [-0.15, -0.1) is 22.9 Å². The molecule has 0 spiro atoms. The van der Waals surface area contributed by atoms with E-state index in [9.17, 15) is 0 Å². The van der Waals surface area contributed by atoms with Gasteiger partial charge in [0.25, 0.3) is 0 Å². The van der Waals surface area contributed by atoms with Crippen LogP contribution in [0.5, 0.6) is 0 Å². The summed E-state index contributed by atoms with van der Waals surface area (Å²) in [5.74, 6) is 0.503. The summed E-state index contributed by atoms with van der Waals surface area (Å²) in [5, 5.41) is 2.07. The molecule has 2 aromatic heterocycles. The van der Waals surface area contributed by atoms with Gasteiger partial charge in [0.2, 0.25) is 0 Å². The smallest absolute Gasteiger partial charge is 0.0951 e. The Morgan fingerprint density at radius 3 is 3.07 bits per heavy atom. The molecule has 0 saturated heterocycles. The van der Waals surface area contributed by atoms with Crippen molar-refractivity contribution in [3.63, 3.8) is 0 Å². The molecular weight excluding hydrogens is 284 g/mol. The lowest BCUT2D eigenvalue weighted by Gasteiger charge is -2.04. The predicted octanol–water partition coefficient (Wildman–Crippen LogP) is 3.49. The topological polar surface area (TPSA) is 17.8 Å². The maximum absolute atomic E-state index is 5.78. The number of aromatic nitrogens is 2. The Bertz CT molecular complexity index is 424. The molecule has 0 fully saturated rings. The molecule has 2 aromatic rings. The molecule has 0 bridgehead atoms. The lowest BCUT2D eigenvalue weighted by atomic mass is 10.4. The van der Waals surface area contributed by atoms with Crippen molar-refractivity contribution < 1.29 is 0 Å². The highest BCUT2D eigenvalue weighted by molar-refractivity contribution is 9.10. The Kier molecular flexibility index (Phi) is 3.26. The third-order valence-corrected chi connectivity index (χ3v) is 4.13. The Balaban J connectivity index is 2.22. The summed E-state index contributed by atoms with van der Waals surface area (Å²) in [4.78, 5) is 5.36. The molecule has 0 aliphatic rings. The van der Waals surface area contributed by atoms with E-state index in [1.54, 1.807) is 17.5 Å². The molecule has 2 nitrogen and oxygen atoms in total. The van der Waals surface area contributed by atoms with Gasteiger partial charge in [-0.25, -0.2) is 4.98 Å². The third kappa shape index (κ3) is 2.02. The summed E-state index contributed by atoms with van der Waals surface area (Å²) < 4.78 is 3.21. The number of hydrogen-bond acceptors (Lipinski definition) is 2. The van der Waals surface area contributed by atoms with Crippen molar-refractivity contribution in [3.05, 3.63) is 39.0 Å². The molecule has 0 saturated carbocycles. The van der Waals surface area contributed by atoms with Crippen molar-refractivity contribution in [1.29, 1.82) is 0 Å². The van der Waals surface area contributed by atoms with Gasteiger partial charge in [0.1, 0.15) is 0 Å². The van der Waals surface area contributed by atoms with Crippen LogP contribution < -0.4 is 0 Å². The van der Waals surface area contributed by atoms with E-state index in [0.717, 1.165) is 16.7 Å². The van der Waals surface area contributed by atoms with E-state index in [1.807, 2.05) is 6.33 Å². The first-order valence-electron chi connectivity index (χ1n) is 4.08. The third-order valence-electron chi connectivity index (χ3n) is 1.94. The maximum atomic E-state index is 5.78. The van der Waals surface area contributed by atoms with E-state index in [2.05, 4.69) is 36.9 Å². The van der Waals surface area contributed by atoms with Crippen LogP contribution in [0.25, 0.3) is 0 Å². The molecular formula is C9H8BrClN2S. The number of thiophene rings is 1. The zero-order valence-electron chi connectivity index (χ0n) is 7.28. The summed E-state index contributed by atoms with van der Waals surface area (Å²) in [7, 11) is 0. The Morgan fingerprint density at radius 1 is 1.57 bits per heavy atom. The van der Waals surface area contributed by atoms with Crippen molar-refractivity contribution in [2.75, 3.05) is 0 Å². The molecule has 2 rings (SSSR count). The fraction of sp³-hybridized carbons (Fsp3) is 0.222. The van der Waals surface area contributed by atoms with Gasteiger partial charge in [-0.1, -0.05) is 0 Å². The highest BCUT2D eigenvalue weighted by atomic mass is 79.9. The average Bonchev–Trinajstić information content (AvgIpc) is 2.77. The molecule has 0 radical (unpaired) electrons. The SMILES string of the molecule is ClCc1cncn1Cc1sccc1Br. The molecule has 2 heterocycles. The number of imidazole rings is 1. The lowest BCUT2D eigenvalue weighted by Crippen LogP contribution is -2.00. The Hall–Kier alpha value is -0.320. The van der Waals surface area contributed by atoms with E-state index in [0.29, 0.717) is 5.88 Å². The summed E-state index contributed by atoms with van der Waals surface area (Å²) in [5.41, 5.74) is 1.05. The van der Waals surface area contributed by atoms with Gasteiger partial charge < -0.3 is 4.57 Å². The van der Waals surface area contributed by atoms with Crippen LogP contribution in [0.1, 0.15) is 10.6 Å². The zero-order chi connectivity index (χ0) is 9.97. The van der Waals surface area contributed by atoms with Crippen LogP contribution in [0.4, 0.5) is 0 Å². The zero-order valence-corrected chi connectivity index (χ0v) is 10.4. The number of alkyl halides is 1. The average molecular weight is 292 g/mol. The van der Waals surface area contributed by atoms with Gasteiger partial charge in [0.05, 0.1) is 24.4 Å². The first kappa shape index (κ1) is 10.2. The van der Waals surface area contributed by atoms with Crippen molar-refractivity contribution >= 4 is 38.9 Å².